The van der Waals surface area contributed by atoms with Crippen molar-refractivity contribution in [2.45, 2.75) is 23.4 Å². The fourth-order valence-corrected chi connectivity index (χ4v) is 5.07. The summed E-state index contributed by atoms with van der Waals surface area (Å²) >= 11 is 14.2. The molecule has 12 heteroatoms. The van der Waals surface area contributed by atoms with Gasteiger partial charge in [-0.2, -0.15) is 10.1 Å². The van der Waals surface area contributed by atoms with Crippen LogP contribution in [0.1, 0.15) is 11.4 Å². The lowest BCUT2D eigenvalue weighted by Gasteiger charge is -2.13. The maximum atomic E-state index is 14.1. The average molecular weight is 545 g/mol. The standard InChI is InChI=1S/C24H16Cl2F2N6OS/c1-12-18(31-10-30-12)9-29-14-7-15(25)22(16(26)8-14)23-19-3-5-21(33-34(19)11-32-24(23)35)36-20-4-2-13(27)6-17(20)28/h2-8,10-11,29H,9H2,1H3,(H,30,31). The molecule has 182 valence electrons. The van der Waals surface area contributed by atoms with Crippen molar-refractivity contribution >= 4 is 46.2 Å². The second kappa shape index (κ2) is 9.88. The van der Waals surface area contributed by atoms with Crippen LogP contribution < -0.4 is 10.9 Å². The molecular weight excluding hydrogens is 529 g/mol. The molecule has 0 atom stereocenters. The van der Waals surface area contributed by atoms with E-state index in [1.54, 1.807) is 30.6 Å². The Kier molecular flexibility index (Phi) is 6.65. The number of imidazole rings is 1. The van der Waals surface area contributed by atoms with Gasteiger partial charge in [0.2, 0.25) is 0 Å². The number of aromatic nitrogens is 5. The van der Waals surface area contributed by atoms with Crippen molar-refractivity contribution in [1.29, 1.82) is 0 Å². The molecule has 0 radical (unpaired) electrons. The van der Waals surface area contributed by atoms with E-state index in [1.807, 2.05) is 6.92 Å². The number of fused-ring (bicyclic) bond motifs is 1. The Labute approximate surface area is 217 Å². The van der Waals surface area contributed by atoms with E-state index in [2.05, 4.69) is 25.4 Å². The highest BCUT2D eigenvalue weighted by atomic mass is 35.5. The first-order valence-corrected chi connectivity index (χ1v) is 12.1. The second-order valence-corrected chi connectivity index (χ2v) is 9.62. The third-order valence-electron chi connectivity index (χ3n) is 5.39. The van der Waals surface area contributed by atoms with Crippen molar-refractivity contribution in [3.63, 3.8) is 0 Å². The number of H-pyrrole nitrogens is 1. The predicted molar refractivity (Wildman–Crippen MR) is 136 cm³/mol. The molecule has 0 aliphatic carbocycles. The van der Waals surface area contributed by atoms with Crippen LogP contribution in [0.25, 0.3) is 16.6 Å². The third-order valence-corrected chi connectivity index (χ3v) is 6.96. The highest BCUT2D eigenvalue weighted by Gasteiger charge is 2.19. The van der Waals surface area contributed by atoms with Gasteiger partial charge in [0.15, 0.2) is 0 Å². The largest absolute Gasteiger partial charge is 0.379 e. The third kappa shape index (κ3) is 4.79. The van der Waals surface area contributed by atoms with Crippen molar-refractivity contribution in [2.75, 3.05) is 5.32 Å². The van der Waals surface area contributed by atoms with Crippen molar-refractivity contribution in [3.8, 4) is 11.1 Å². The molecule has 5 aromatic rings. The fourth-order valence-electron chi connectivity index (χ4n) is 3.61. The predicted octanol–water partition coefficient (Wildman–Crippen LogP) is 6.14. The van der Waals surface area contributed by atoms with Gasteiger partial charge < -0.3 is 10.3 Å². The van der Waals surface area contributed by atoms with Gasteiger partial charge >= 0.3 is 0 Å². The lowest BCUT2D eigenvalue weighted by molar-refractivity contribution is 0.565. The minimum atomic E-state index is -0.699. The van der Waals surface area contributed by atoms with Crippen molar-refractivity contribution in [3.05, 3.63) is 98.5 Å². The van der Waals surface area contributed by atoms with Crippen LogP contribution in [0.2, 0.25) is 10.0 Å². The van der Waals surface area contributed by atoms with E-state index >= 15 is 0 Å². The number of aryl methyl sites for hydroxylation is 1. The number of hydrogen-bond donors (Lipinski definition) is 2. The Balaban J connectivity index is 1.50. The molecule has 3 aromatic heterocycles. The molecule has 5 rings (SSSR count). The molecule has 0 spiro atoms. The average Bonchev–Trinajstić information content (AvgIpc) is 3.25. The molecule has 36 heavy (non-hydrogen) atoms. The van der Waals surface area contributed by atoms with Gasteiger partial charge in [0, 0.05) is 27.9 Å². The Hall–Kier alpha value is -3.47. The summed E-state index contributed by atoms with van der Waals surface area (Å²) in [7, 11) is 0. The summed E-state index contributed by atoms with van der Waals surface area (Å²) in [5, 5.41) is 8.55. The maximum absolute atomic E-state index is 14.1. The summed E-state index contributed by atoms with van der Waals surface area (Å²) in [5.74, 6) is -1.36. The molecule has 2 N–H and O–H groups in total. The van der Waals surface area contributed by atoms with Crippen molar-refractivity contribution < 1.29 is 8.78 Å². The Bertz CT molecular complexity index is 1650. The van der Waals surface area contributed by atoms with Crippen LogP contribution in [-0.4, -0.2) is 24.6 Å². The first kappa shape index (κ1) is 24.2. The monoisotopic (exact) mass is 544 g/mol. The summed E-state index contributed by atoms with van der Waals surface area (Å²) in [6.45, 7) is 2.38. The number of nitrogens with zero attached hydrogens (tertiary/aromatic N) is 4. The summed E-state index contributed by atoms with van der Waals surface area (Å²) in [6.07, 6.45) is 2.88. The number of anilines is 1. The summed E-state index contributed by atoms with van der Waals surface area (Å²) < 4.78 is 28.7. The van der Waals surface area contributed by atoms with E-state index in [1.165, 1.54) is 23.0 Å². The molecule has 0 saturated carbocycles. The molecule has 7 nitrogen and oxygen atoms in total. The van der Waals surface area contributed by atoms with Crippen LogP contribution in [0.4, 0.5) is 14.5 Å². The van der Waals surface area contributed by atoms with Crippen LogP contribution in [-0.2, 0) is 6.54 Å². The number of aromatic amines is 1. The van der Waals surface area contributed by atoms with E-state index in [4.69, 9.17) is 23.2 Å². The van der Waals surface area contributed by atoms with Gasteiger partial charge in [0.1, 0.15) is 23.0 Å². The SMILES string of the molecule is Cc1[nH]cnc1CNc1cc(Cl)c(-c2c(=O)ncn3nc(Sc4ccc(F)cc4F)ccc23)c(Cl)c1. The van der Waals surface area contributed by atoms with Gasteiger partial charge in [-0.1, -0.05) is 35.0 Å². The van der Waals surface area contributed by atoms with Gasteiger partial charge in [-0.15, -0.1) is 0 Å². The van der Waals surface area contributed by atoms with Crippen LogP contribution in [0.15, 0.2) is 69.8 Å². The zero-order valence-electron chi connectivity index (χ0n) is 18.5. The van der Waals surface area contributed by atoms with Crippen LogP contribution in [0, 0.1) is 18.6 Å². The maximum Gasteiger partial charge on any atom is 0.281 e. The van der Waals surface area contributed by atoms with Gasteiger partial charge in [-0.25, -0.2) is 18.3 Å². The number of nitrogens with one attached hydrogen (secondary N) is 2. The molecule has 2 aromatic carbocycles. The number of rotatable bonds is 6. The van der Waals surface area contributed by atoms with E-state index in [0.29, 0.717) is 28.3 Å². The van der Waals surface area contributed by atoms with Crippen LogP contribution in [0.5, 0.6) is 0 Å². The van der Waals surface area contributed by atoms with Crippen LogP contribution >= 0.6 is 35.0 Å². The Morgan fingerprint density at radius 1 is 1.06 bits per heavy atom. The highest BCUT2D eigenvalue weighted by Crippen LogP contribution is 2.38. The smallest absolute Gasteiger partial charge is 0.281 e. The minimum Gasteiger partial charge on any atom is -0.379 e. The normalized spacial score (nSPS) is 11.2. The molecule has 0 bridgehead atoms. The zero-order chi connectivity index (χ0) is 25.4. The highest BCUT2D eigenvalue weighted by molar-refractivity contribution is 7.99. The number of benzene rings is 2. The van der Waals surface area contributed by atoms with Gasteiger partial charge in [-0.3, -0.25) is 4.79 Å². The molecular formula is C24H16Cl2F2N6OS. The van der Waals surface area contributed by atoms with Gasteiger partial charge in [0.05, 0.1) is 39.7 Å². The minimum absolute atomic E-state index is 0.180. The molecule has 0 aliphatic rings. The van der Waals surface area contributed by atoms with E-state index in [-0.39, 0.29) is 20.5 Å². The Morgan fingerprint density at radius 2 is 1.83 bits per heavy atom. The lowest BCUT2D eigenvalue weighted by Crippen LogP contribution is -2.14. The Morgan fingerprint density at radius 3 is 2.53 bits per heavy atom. The topological polar surface area (TPSA) is 88.0 Å². The van der Waals surface area contributed by atoms with E-state index < -0.39 is 17.2 Å². The summed E-state index contributed by atoms with van der Waals surface area (Å²) in [4.78, 5) is 24.2. The lowest BCUT2D eigenvalue weighted by atomic mass is 10.1. The number of halogens is 4. The van der Waals surface area contributed by atoms with Gasteiger partial charge in [0.25, 0.3) is 5.56 Å². The molecule has 0 unspecified atom stereocenters. The molecule has 0 amide bonds. The zero-order valence-corrected chi connectivity index (χ0v) is 20.8. The molecule has 3 heterocycles. The molecule has 0 aliphatic heterocycles. The van der Waals surface area contributed by atoms with Crippen molar-refractivity contribution in [2.24, 2.45) is 0 Å². The first-order chi connectivity index (χ1) is 17.3. The molecule has 0 fully saturated rings. The van der Waals surface area contributed by atoms with E-state index in [0.717, 1.165) is 29.2 Å². The molecule has 0 saturated heterocycles. The second-order valence-electron chi connectivity index (χ2n) is 7.75. The summed E-state index contributed by atoms with van der Waals surface area (Å²) in [5.41, 5.74) is 2.83. The van der Waals surface area contributed by atoms with Gasteiger partial charge in [-0.05, 0) is 43.3 Å². The fraction of sp³-hybridized carbons (Fsp3) is 0.0833. The quantitative estimate of drug-likeness (QED) is 0.267. The van der Waals surface area contributed by atoms with E-state index in [9.17, 15) is 13.6 Å². The van der Waals surface area contributed by atoms with Crippen molar-refractivity contribution in [1.82, 2.24) is 24.6 Å². The summed E-state index contributed by atoms with van der Waals surface area (Å²) in [6, 6.07) is 9.91. The number of hydrogen-bond acceptors (Lipinski definition) is 6. The first-order valence-electron chi connectivity index (χ1n) is 10.5. The van der Waals surface area contributed by atoms with Crippen LogP contribution in [0.3, 0.4) is 0 Å².